The standard InChI is InChI=1S/C13H23NO4/c1-15-7-4-12(8-16-6-3-2-5-14)9-17-10-13-11-18-13/h12-13H,2-4,6-11H2,1H3. The second-order valence-electron chi connectivity index (χ2n) is 4.48. The van der Waals surface area contributed by atoms with Crippen molar-refractivity contribution in [1.82, 2.24) is 0 Å². The van der Waals surface area contributed by atoms with Crippen molar-refractivity contribution in [1.29, 1.82) is 5.26 Å². The van der Waals surface area contributed by atoms with Crippen LogP contribution in [0.5, 0.6) is 0 Å². The normalized spacial score (nSPS) is 19.4. The van der Waals surface area contributed by atoms with E-state index in [0.717, 1.165) is 26.1 Å². The number of nitrogens with zero attached hydrogens (tertiary/aromatic N) is 1. The Morgan fingerprint density at radius 1 is 1.33 bits per heavy atom. The van der Waals surface area contributed by atoms with E-state index in [1.807, 2.05) is 0 Å². The lowest BCUT2D eigenvalue weighted by Crippen LogP contribution is -2.20. The van der Waals surface area contributed by atoms with E-state index in [9.17, 15) is 0 Å². The summed E-state index contributed by atoms with van der Waals surface area (Å²) in [6.45, 7) is 4.21. The first-order valence-electron chi connectivity index (χ1n) is 6.49. The predicted octanol–water partition coefficient (Wildman–Crippen LogP) is 1.37. The molecule has 104 valence electrons. The molecule has 2 atom stereocenters. The molecule has 1 fully saturated rings. The molecule has 0 aromatic rings. The van der Waals surface area contributed by atoms with E-state index in [1.54, 1.807) is 7.11 Å². The molecule has 0 saturated carbocycles. The molecule has 2 unspecified atom stereocenters. The van der Waals surface area contributed by atoms with E-state index >= 15 is 0 Å². The predicted molar refractivity (Wildman–Crippen MR) is 66.2 cm³/mol. The van der Waals surface area contributed by atoms with Gasteiger partial charge in [0.05, 0.1) is 32.5 Å². The molecule has 5 heteroatoms. The molecule has 1 aliphatic rings. The van der Waals surface area contributed by atoms with E-state index in [1.165, 1.54) is 0 Å². The number of unbranched alkanes of at least 4 members (excludes halogenated alkanes) is 1. The Balaban J connectivity index is 2.02. The van der Waals surface area contributed by atoms with Gasteiger partial charge in [0, 0.05) is 32.7 Å². The lowest BCUT2D eigenvalue weighted by molar-refractivity contribution is 0.0214. The second-order valence-corrected chi connectivity index (χ2v) is 4.48. The van der Waals surface area contributed by atoms with Crippen LogP contribution in [-0.2, 0) is 18.9 Å². The van der Waals surface area contributed by atoms with Crippen LogP contribution in [0.4, 0.5) is 0 Å². The van der Waals surface area contributed by atoms with Gasteiger partial charge in [0.25, 0.3) is 0 Å². The third kappa shape index (κ3) is 8.43. The highest BCUT2D eigenvalue weighted by Crippen LogP contribution is 2.11. The Morgan fingerprint density at radius 2 is 2.11 bits per heavy atom. The molecule has 0 amide bonds. The summed E-state index contributed by atoms with van der Waals surface area (Å²) in [5.74, 6) is 0.353. The average molecular weight is 257 g/mol. The molecule has 0 aromatic carbocycles. The maximum absolute atomic E-state index is 8.41. The van der Waals surface area contributed by atoms with Crippen LogP contribution in [0.15, 0.2) is 0 Å². The Hall–Kier alpha value is -0.670. The first-order chi connectivity index (χ1) is 8.86. The molecule has 1 saturated heterocycles. The Morgan fingerprint density at radius 3 is 2.78 bits per heavy atom. The van der Waals surface area contributed by atoms with Crippen LogP contribution < -0.4 is 0 Å². The van der Waals surface area contributed by atoms with Gasteiger partial charge < -0.3 is 18.9 Å². The van der Waals surface area contributed by atoms with Crippen molar-refractivity contribution < 1.29 is 18.9 Å². The molecule has 5 nitrogen and oxygen atoms in total. The summed E-state index contributed by atoms with van der Waals surface area (Å²) in [7, 11) is 1.70. The summed E-state index contributed by atoms with van der Waals surface area (Å²) in [4.78, 5) is 0. The quantitative estimate of drug-likeness (QED) is 0.390. The van der Waals surface area contributed by atoms with Crippen LogP contribution in [0, 0.1) is 17.2 Å². The van der Waals surface area contributed by atoms with Crippen molar-refractivity contribution in [3.05, 3.63) is 0 Å². The fraction of sp³-hybridized carbons (Fsp3) is 0.923. The number of rotatable bonds is 12. The lowest BCUT2D eigenvalue weighted by Gasteiger charge is -2.16. The van der Waals surface area contributed by atoms with E-state index in [4.69, 9.17) is 24.2 Å². The van der Waals surface area contributed by atoms with Crippen LogP contribution in [0.1, 0.15) is 19.3 Å². The molecule has 1 rings (SSSR count). The fourth-order valence-corrected chi connectivity index (χ4v) is 1.53. The molecule has 0 N–H and O–H groups in total. The average Bonchev–Trinajstić information content (AvgIpc) is 3.19. The first-order valence-corrected chi connectivity index (χ1v) is 6.49. The van der Waals surface area contributed by atoms with E-state index < -0.39 is 0 Å². The topological polar surface area (TPSA) is 64.0 Å². The third-order valence-corrected chi connectivity index (χ3v) is 2.72. The molecule has 0 bridgehead atoms. The van der Waals surface area contributed by atoms with Gasteiger partial charge in [-0.3, -0.25) is 0 Å². The van der Waals surface area contributed by atoms with Crippen molar-refractivity contribution >= 4 is 0 Å². The zero-order valence-electron chi connectivity index (χ0n) is 11.1. The van der Waals surface area contributed by atoms with Gasteiger partial charge in [-0.2, -0.15) is 5.26 Å². The largest absolute Gasteiger partial charge is 0.385 e. The van der Waals surface area contributed by atoms with Gasteiger partial charge >= 0.3 is 0 Å². The minimum atomic E-state index is 0.310. The summed E-state index contributed by atoms with van der Waals surface area (Å²) in [5.41, 5.74) is 0. The highest BCUT2D eigenvalue weighted by molar-refractivity contribution is 4.69. The SMILES string of the molecule is COCCC(COCCCC#N)COCC1CO1. The first kappa shape index (κ1) is 15.4. The number of hydrogen-bond donors (Lipinski definition) is 0. The molecule has 0 radical (unpaired) electrons. The van der Waals surface area contributed by atoms with Gasteiger partial charge in [-0.15, -0.1) is 0 Å². The summed E-state index contributed by atoms with van der Waals surface area (Å²) < 4.78 is 21.3. The molecular formula is C13H23NO4. The Kier molecular flexibility index (Phi) is 8.78. The van der Waals surface area contributed by atoms with Gasteiger partial charge in [0.15, 0.2) is 0 Å². The minimum absolute atomic E-state index is 0.310. The van der Waals surface area contributed by atoms with Gasteiger partial charge in [-0.05, 0) is 12.8 Å². The maximum Gasteiger partial charge on any atom is 0.104 e. The van der Waals surface area contributed by atoms with Gasteiger partial charge in [0.1, 0.15) is 6.10 Å². The van der Waals surface area contributed by atoms with Crippen molar-refractivity contribution in [2.75, 3.05) is 46.8 Å². The van der Waals surface area contributed by atoms with E-state index in [0.29, 0.717) is 44.9 Å². The van der Waals surface area contributed by atoms with Crippen molar-refractivity contribution in [3.63, 3.8) is 0 Å². The van der Waals surface area contributed by atoms with Gasteiger partial charge in [-0.1, -0.05) is 0 Å². The molecule has 1 heterocycles. The van der Waals surface area contributed by atoms with Crippen molar-refractivity contribution in [2.45, 2.75) is 25.4 Å². The molecule has 0 aliphatic carbocycles. The molecular weight excluding hydrogens is 234 g/mol. The zero-order valence-corrected chi connectivity index (χ0v) is 11.1. The smallest absolute Gasteiger partial charge is 0.104 e. The summed E-state index contributed by atoms with van der Waals surface area (Å²) >= 11 is 0. The van der Waals surface area contributed by atoms with Crippen LogP contribution in [0.2, 0.25) is 0 Å². The fourth-order valence-electron chi connectivity index (χ4n) is 1.53. The van der Waals surface area contributed by atoms with E-state index in [-0.39, 0.29) is 0 Å². The monoisotopic (exact) mass is 257 g/mol. The highest BCUT2D eigenvalue weighted by Gasteiger charge is 2.22. The summed E-state index contributed by atoms with van der Waals surface area (Å²) in [6, 6.07) is 2.11. The number of hydrogen-bond acceptors (Lipinski definition) is 5. The van der Waals surface area contributed by atoms with Crippen LogP contribution >= 0.6 is 0 Å². The highest BCUT2D eigenvalue weighted by atomic mass is 16.6. The molecule has 1 aliphatic heterocycles. The number of epoxide rings is 1. The Labute approximate surface area is 109 Å². The van der Waals surface area contributed by atoms with Gasteiger partial charge in [-0.25, -0.2) is 0 Å². The van der Waals surface area contributed by atoms with Crippen LogP contribution in [-0.4, -0.2) is 52.9 Å². The van der Waals surface area contributed by atoms with Gasteiger partial charge in [0.2, 0.25) is 0 Å². The summed E-state index contributed by atoms with van der Waals surface area (Å²) in [6.07, 6.45) is 2.59. The van der Waals surface area contributed by atoms with Crippen LogP contribution in [0.25, 0.3) is 0 Å². The molecule has 18 heavy (non-hydrogen) atoms. The minimum Gasteiger partial charge on any atom is -0.385 e. The number of nitriles is 1. The molecule has 0 aromatic heterocycles. The number of methoxy groups -OCH3 is 1. The van der Waals surface area contributed by atoms with Crippen molar-refractivity contribution in [3.8, 4) is 6.07 Å². The molecule has 0 spiro atoms. The number of ether oxygens (including phenoxy) is 4. The van der Waals surface area contributed by atoms with E-state index in [2.05, 4.69) is 6.07 Å². The third-order valence-electron chi connectivity index (χ3n) is 2.72. The maximum atomic E-state index is 8.41. The van der Waals surface area contributed by atoms with Crippen molar-refractivity contribution in [2.24, 2.45) is 5.92 Å². The zero-order chi connectivity index (χ0) is 13.1. The Bertz CT molecular complexity index is 238. The lowest BCUT2D eigenvalue weighted by atomic mass is 10.1. The summed E-state index contributed by atoms with van der Waals surface area (Å²) in [5, 5.41) is 8.41. The second kappa shape index (κ2) is 10.3. The van der Waals surface area contributed by atoms with Crippen LogP contribution in [0.3, 0.4) is 0 Å².